The van der Waals surface area contributed by atoms with Gasteiger partial charge in [0.2, 0.25) is 0 Å². The number of methoxy groups -OCH3 is 1. The van der Waals surface area contributed by atoms with Crippen molar-refractivity contribution in [3.63, 3.8) is 0 Å². The fourth-order valence-electron chi connectivity index (χ4n) is 2.01. The van der Waals surface area contributed by atoms with Crippen molar-refractivity contribution < 1.29 is 4.74 Å². The van der Waals surface area contributed by atoms with Gasteiger partial charge in [-0.3, -0.25) is 0 Å². The van der Waals surface area contributed by atoms with Gasteiger partial charge >= 0.3 is 0 Å². The van der Waals surface area contributed by atoms with Gasteiger partial charge in [-0.05, 0) is 40.2 Å². The first-order valence-electron chi connectivity index (χ1n) is 6.18. The van der Waals surface area contributed by atoms with Crippen LogP contribution in [-0.4, -0.2) is 12.1 Å². The van der Waals surface area contributed by atoms with Gasteiger partial charge in [0.05, 0.1) is 7.11 Å². The Hall–Kier alpha value is -1.30. The van der Waals surface area contributed by atoms with Crippen LogP contribution in [0.4, 0.5) is 5.69 Å². The van der Waals surface area contributed by atoms with Gasteiger partial charge in [0.15, 0.2) is 0 Å². The molecule has 110 valence electrons. The summed E-state index contributed by atoms with van der Waals surface area (Å²) in [7, 11) is 1.62. The average molecular weight is 386 g/mol. The Bertz CT molecular complexity index is 679. The van der Waals surface area contributed by atoms with E-state index in [-0.39, 0.29) is 0 Å². The molecule has 0 saturated heterocycles. The van der Waals surface area contributed by atoms with Crippen LogP contribution >= 0.6 is 39.7 Å². The summed E-state index contributed by atoms with van der Waals surface area (Å²) in [5.41, 5.74) is 8.29. The highest BCUT2D eigenvalue weighted by molar-refractivity contribution is 9.10. The van der Waals surface area contributed by atoms with Crippen molar-refractivity contribution in [3.05, 3.63) is 57.0 Å². The zero-order valence-corrected chi connectivity index (χ0v) is 14.5. The Kier molecular flexibility index (Phi) is 5.45. The molecule has 0 bridgehead atoms. The second-order valence-corrected chi connectivity index (χ2v) is 6.00. The molecule has 2 rings (SSSR count). The minimum Gasteiger partial charge on any atom is -0.496 e. The summed E-state index contributed by atoms with van der Waals surface area (Å²) in [6, 6.07) is 11.3. The predicted molar refractivity (Wildman–Crippen MR) is 95.4 cm³/mol. The molecule has 0 spiro atoms. The van der Waals surface area contributed by atoms with Gasteiger partial charge in [-0.15, -0.1) is 0 Å². The number of thiocarbonyl (C=S) groups is 1. The molecule has 21 heavy (non-hydrogen) atoms. The number of anilines is 1. The van der Waals surface area contributed by atoms with Crippen molar-refractivity contribution in [3.8, 4) is 5.75 Å². The lowest BCUT2D eigenvalue weighted by Gasteiger charge is -2.15. The van der Waals surface area contributed by atoms with Crippen LogP contribution in [0.3, 0.4) is 0 Å². The zero-order valence-electron chi connectivity index (χ0n) is 11.3. The highest BCUT2D eigenvalue weighted by atomic mass is 79.9. The Labute approximate surface area is 142 Å². The van der Waals surface area contributed by atoms with Crippen LogP contribution in [0.5, 0.6) is 5.75 Å². The van der Waals surface area contributed by atoms with E-state index >= 15 is 0 Å². The number of nitrogens with two attached hydrogens (primary N) is 1. The Morgan fingerprint density at radius 1 is 1.33 bits per heavy atom. The highest BCUT2D eigenvalue weighted by Crippen LogP contribution is 2.29. The first-order valence-corrected chi connectivity index (χ1v) is 7.76. The van der Waals surface area contributed by atoms with Crippen LogP contribution in [0.1, 0.15) is 11.1 Å². The second-order valence-electron chi connectivity index (χ2n) is 4.30. The van der Waals surface area contributed by atoms with Crippen molar-refractivity contribution in [2.75, 3.05) is 12.4 Å². The zero-order chi connectivity index (χ0) is 15.4. The number of rotatable bonds is 5. The third-order valence-electron chi connectivity index (χ3n) is 3.01. The van der Waals surface area contributed by atoms with Gasteiger partial charge in [-0.2, -0.15) is 0 Å². The van der Waals surface area contributed by atoms with E-state index < -0.39 is 0 Å². The van der Waals surface area contributed by atoms with Crippen molar-refractivity contribution in [1.29, 1.82) is 0 Å². The normalized spacial score (nSPS) is 10.2. The molecule has 0 radical (unpaired) electrons. The third kappa shape index (κ3) is 3.67. The smallest absolute Gasteiger partial charge is 0.125 e. The van der Waals surface area contributed by atoms with Crippen molar-refractivity contribution in [1.82, 2.24) is 0 Å². The van der Waals surface area contributed by atoms with Crippen LogP contribution in [0, 0.1) is 0 Å². The Morgan fingerprint density at radius 2 is 2.05 bits per heavy atom. The number of benzene rings is 2. The molecule has 0 fully saturated rings. The summed E-state index contributed by atoms with van der Waals surface area (Å²) in [5, 5.41) is 3.95. The van der Waals surface area contributed by atoms with Gasteiger partial charge in [0.1, 0.15) is 10.7 Å². The van der Waals surface area contributed by atoms with Gasteiger partial charge in [0, 0.05) is 32.9 Å². The molecule has 0 aliphatic carbocycles. The molecule has 0 atom stereocenters. The van der Waals surface area contributed by atoms with Gasteiger partial charge in [-0.25, -0.2) is 0 Å². The fourth-order valence-corrected chi connectivity index (χ4v) is 3.17. The van der Waals surface area contributed by atoms with Crippen LogP contribution < -0.4 is 15.8 Å². The monoisotopic (exact) mass is 384 g/mol. The first-order chi connectivity index (χ1) is 10.0. The van der Waals surface area contributed by atoms with Gasteiger partial charge < -0.3 is 15.8 Å². The van der Waals surface area contributed by atoms with E-state index in [9.17, 15) is 0 Å². The van der Waals surface area contributed by atoms with E-state index in [2.05, 4.69) is 21.2 Å². The molecule has 0 saturated carbocycles. The largest absolute Gasteiger partial charge is 0.496 e. The van der Waals surface area contributed by atoms with Gasteiger partial charge in [0.25, 0.3) is 0 Å². The molecule has 0 aromatic heterocycles. The molecular weight excluding hydrogens is 372 g/mol. The number of nitrogens with one attached hydrogen (secondary N) is 1. The van der Waals surface area contributed by atoms with E-state index in [0.717, 1.165) is 27.0 Å². The summed E-state index contributed by atoms with van der Waals surface area (Å²) < 4.78 is 6.18. The molecule has 3 nitrogen and oxygen atoms in total. The van der Waals surface area contributed by atoms with Crippen LogP contribution in [-0.2, 0) is 6.54 Å². The second kappa shape index (κ2) is 7.11. The standard InChI is InChI=1S/C15H14BrClN2OS/c1-20-13-7-3-5-11(17)9(13)8-19-12-6-2-4-10(16)14(12)15(18)21/h2-7,19H,8H2,1H3,(H2,18,21). The topological polar surface area (TPSA) is 47.3 Å². The number of halogens is 2. The number of hydrogen-bond acceptors (Lipinski definition) is 3. The van der Waals surface area contributed by atoms with Crippen molar-refractivity contribution in [2.45, 2.75) is 6.54 Å². The van der Waals surface area contributed by atoms with Crippen LogP contribution in [0.2, 0.25) is 5.02 Å². The SMILES string of the molecule is COc1cccc(Cl)c1CNc1cccc(Br)c1C(N)=S. The van der Waals surface area contributed by atoms with Crippen molar-refractivity contribution >= 4 is 50.4 Å². The predicted octanol–water partition coefficient (Wildman–Crippen LogP) is 4.36. The fraction of sp³-hybridized carbons (Fsp3) is 0.133. The lowest BCUT2D eigenvalue weighted by Crippen LogP contribution is -2.14. The maximum atomic E-state index is 6.23. The maximum Gasteiger partial charge on any atom is 0.125 e. The van der Waals surface area contributed by atoms with Gasteiger partial charge in [-0.1, -0.05) is 36.0 Å². The molecule has 0 heterocycles. The maximum absolute atomic E-state index is 6.23. The van der Waals surface area contributed by atoms with Crippen LogP contribution in [0.15, 0.2) is 40.9 Å². The molecule has 6 heteroatoms. The van der Waals surface area contributed by atoms with E-state index in [0.29, 0.717) is 16.6 Å². The van der Waals surface area contributed by atoms with E-state index in [4.69, 9.17) is 34.3 Å². The Balaban J connectivity index is 2.29. The summed E-state index contributed by atoms with van der Waals surface area (Å²) >= 11 is 14.8. The van der Waals surface area contributed by atoms with E-state index in [1.54, 1.807) is 7.11 Å². The summed E-state index contributed by atoms with van der Waals surface area (Å²) in [6.45, 7) is 0.509. The molecule has 2 aromatic carbocycles. The summed E-state index contributed by atoms with van der Waals surface area (Å²) in [4.78, 5) is 0.330. The van der Waals surface area contributed by atoms with E-state index in [1.165, 1.54) is 0 Å². The molecule has 2 aromatic rings. The Morgan fingerprint density at radius 3 is 2.71 bits per heavy atom. The molecule has 0 unspecified atom stereocenters. The molecule has 0 amide bonds. The van der Waals surface area contributed by atoms with E-state index in [1.807, 2.05) is 36.4 Å². The minimum absolute atomic E-state index is 0.330. The quantitative estimate of drug-likeness (QED) is 0.751. The molecule has 0 aliphatic heterocycles. The lowest BCUT2D eigenvalue weighted by molar-refractivity contribution is 0.410. The number of ether oxygens (including phenoxy) is 1. The third-order valence-corrected chi connectivity index (χ3v) is 4.23. The van der Waals surface area contributed by atoms with Crippen LogP contribution in [0.25, 0.3) is 0 Å². The first kappa shape index (κ1) is 16.1. The highest BCUT2D eigenvalue weighted by Gasteiger charge is 2.11. The summed E-state index contributed by atoms with van der Waals surface area (Å²) in [5.74, 6) is 0.738. The van der Waals surface area contributed by atoms with Crippen molar-refractivity contribution in [2.24, 2.45) is 5.73 Å². The molecule has 0 aliphatic rings. The minimum atomic E-state index is 0.330. The molecule has 3 N–H and O–H groups in total. The molecular formula is C15H14BrClN2OS. The summed E-state index contributed by atoms with van der Waals surface area (Å²) in [6.07, 6.45) is 0. The number of hydrogen-bond donors (Lipinski definition) is 2. The average Bonchev–Trinajstić information content (AvgIpc) is 2.45. The lowest BCUT2D eigenvalue weighted by atomic mass is 10.1.